The van der Waals surface area contributed by atoms with Gasteiger partial charge in [-0.1, -0.05) is 0 Å². The van der Waals surface area contributed by atoms with E-state index >= 15 is 0 Å². The summed E-state index contributed by atoms with van der Waals surface area (Å²) in [7, 11) is 0. The van der Waals surface area contributed by atoms with Gasteiger partial charge in [-0.15, -0.1) is 0 Å². The molecule has 0 saturated carbocycles. The van der Waals surface area contributed by atoms with Crippen LogP contribution in [0.5, 0.6) is 5.75 Å². The predicted molar refractivity (Wildman–Crippen MR) is 75.2 cm³/mol. The van der Waals surface area contributed by atoms with Crippen LogP contribution in [0.1, 0.15) is 17.3 Å². The lowest BCUT2D eigenvalue weighted by atomic mass is 10.2. The summed E-state index contributed by atoms with van der Waals surface area (Å²) < 4.78 is 2.28. The first-order valence-electron chi connectivity index (χ1n) is 6.28. The number of carbonyl (C=O) groups is 2. The summed E-state index contributed by atoms with van der Waals surface area (Å²) in [5, 5.41) is 21.2. The number of hydrogen-bond acceptors (Lipinski definition) is 5. The molecule has 1 amide bonds. The molecule has 9 nitrogen and oxygen atoms in total. The van der Waals surface area contributed by atoms with Gasteiger partial charge in [0.05, 0.1) is 0 Å². The van der Waals surface area contributed by atoms with Gasteiger partial charge in [0.15, 0.2) is 11.3 Å². The minimum atomic E-state index is -1.50. The summed E-state index contributed by atoms with van der Waals surface area (Å²) >= 11 is 0. The first kappa shape index (κ1) is 15.3. The molecule has 0 aliphatic rings. The lowest BCUT2D eigenvalue weighted by Crippen LogP contribution is -2.31. The van der Waals surface area contributed by atoms with E-state index in [1.807, 2.05) is 0 Å². The number of aromatic nitrogens is 2. The van der Waals surface area contributed by atoms with Crippen molar-refractivity contribution in [1.82, 2.24) is 14.3 Å². The van der Waals surface area contributed by atoms with Gasteiger partial charge in [0.2, 0.25) is 11.3 Å². The maximum Gasteiger partial charge on any atom is 0.341 e. The molecule has 0 radical (unpaired) electrons. The van der Waals surface area contributed by atoms with Gasteiger partial charge in [-0.25, -0.2) is 4.79 Å². The van der Waals surface area contributed by atoms with Crippen LogP contribution in [0.25, 0.3) is 5.52 Å². The van der Waals surface area contributed by atoms with E-state index in [4.69, 9.17) is 5.11 Å². The van der Waals surface area contributed by atoms with Crippen LogP contribution < -0.4 is 16.3 Å². The van der Waals surface area contributed by atoms with Gasteiger partial charge in [-0.2, -0.15) is 0 Å². The maximum atomic E-state index is 12.2. The Labute approximate surface area is 123 Å². The van der Waals surface area contributed by atoms with E-state index in [0.717, 1.165) is 10.6 Å². The average Bonchev–Trinajstić information content (AvgIpc) is 2.44. The minimum Gasteiger partial charge on any atom is -0.503 e. The average molecular weight is 307 g/mol. The van der Waals surface area contributed by atoms with Crippen molar-refractivity contribution < 1.29 is 19.8 Å². The van der Waals surface area contributed by atoms with Crippen molar-refractivity contribution in [3.8, 4) is 5.75 Å². The molecule has 0 aromatic carbocycles. The van der Waals surface area contributed by atoms with Gasteiger partial charge < -0.3 is 24.5 Å². The molecule has 0 aliphatic carbocycles. The van der Waals surface area contributed by atoms with Crippen LogP contribution in [0, 0.1) is 0 Å². The Bertz CT molecular complexity index is 880. The summed E-state index contributed by atoms with van der Waals surface area (Å²) in [5.74, 6) is -2.66. The second kappa shape index (κ2) is 5.72. The summed E-state index contributed by atoms with van der Waals surface area (Å²) in [6.45, 7) is 1.68. The third-order valence-corrected chi connectivity index (χ3v) is 3.04. The summed E-state index contributed by atoms with van der Waals surface area (Å²) in [6.07, 6.45) is 3.68. The monoisotopic (exact) mass is 307 g/mol. The normalized spacial score (nSPS) is 10.6. The Hall–Kier alpha value is -3.10. The first-order valence-corrected chi connectivity index (χ1v) is 6.28. The lowest BCUT2D eigenvalue weighted by Gasteiger charge is -2.10. The zero-order valence-electron chi connectivity index (χ0n) is 11.6. The molecule has 0 unspecified atom stereocenters. The van der Waals surface area contributed by atoms with E-state index in [1.54, 1.807) is 0 Å². The molecule has 116 valence electrons. The number of aromatic carboxylic acids is 1. The Morgan fingerprint density at radius 1 is 1.27 bits per heavy atom. The minimum absolute atomic E-state index is 0.142. The van der Waals surface area contributed by atoms with Crippen LogP contribution in [0.2, 0.25) is 0 Å². The van der Waals surface area contributed by atoms with E-state index in [9.17, 15) is 24.3 Å². The molecule has 2 aromatic rings. The number of nitrogens with zero attached hydrogens (tertiary/aromatic N) is 2. The molecule has 0 atom stereocenters. The van der Waals surface area contributed by atoms with Crippen molar-refractivity contribution in [3.05, 3.63) is 44.7 Å². The third kappa shape index (κ3) is 2.68. The van der Waals surface area contributed by atoms with Crippen LogP contribution in [0.15, 0.2) is 28.2 Å². The SMILES string of the molecule is CC(=O)NCCn1ccn2cc(C(=O)O)c(=O)c(O)c2c1=O. The van der Waals surface area contributed by atoms with E-state index < -0.39 is 28.3 Å². The van der Waals surface area contributed by atoms with E-state index in [1.165, 1.54) is 23.9 Å². The van der Waals surface area contributed by atoms with Crippen molar-refractivity contribution in [1.29, 1.82) is 0 Å². The number of nitrogens with one attached hydrogen (secondary N) is 1. The third-order valence-electron chi connectivity index (χ3n) is 3.04. The largest absolute Gasteiger partial charge is 0.503 e. The zero-order chi connectivity index (χ0) is 16.4. The molecule has 0 saturated heterocycles. The van der Waals surface area contributed by atoms with Crippen molar-refractivity contribution in [3.63, 3.8) is 0 Å². The second-order valence-electron chi connectivity index (χ2n) is 4.56. The van der Waals surface area contributed by atoms with Crippen LogP contribution >= 0.6 is 0 Å². The second-order valence-corrected chi connectivity index (χ2v) is 4.56. The molecule has 2 heterocycles. The van der Waals surface area contributed by atoms with Crippen molar-refractivity contribution in [2.75, 3.05) is 6.54 Å². The van der Waals surface area contributed by atoms with Crippen LogP contribution in [0.4, 0.5) is 0 Å². The Balaban J connectivity index is 2.57. The van der Waals surface area contributed by atoms with E-state index in [2.05, 4.69) is 5.32 Å². The fourth-order valence-electron chi connectivity index (χ4n) is 1.99. The number of carboxylic acids is 1. The first-order chi connectivity index (χ1) is 10.3. The van der Waals surface area contributed by atoms with Gasteiger partial charge in [0.25, 0.3) is 5.56 Å². The highest BCUT2D eigenvalue weighted by Gasteiger charge is 2.18. The zero-order valence-corrected chi connectivity index (χ0v) is 11.6. The van der Waals surface area contributed by atoms with Gasteiger partial charge in [0, 0.05) is 38.6 Å². The van der Waals surface area contributed by atoms with Gasteiger partial charge in [-0.3, -0.25) is 14.4 Å². The molecular weight excluding hydrogens is 294 g/mol. The fourth-order valence-corrected chi connectivity index (χ4v) is 1.99. The standard InChI is InChI=1S/C13H13N3O6/c1-7(17)14-2-3-15-4-5-16-6-8(13(21)22)10(18)11(19)9(16)12(15)20/h4-6,19H,2-3H2,1H3,(H,14,17)(H,21,22). The van der Waals surface area contributed by atoms with Crippen LogP contribution in [-0.4, -0.2) is 37.6 Å². The van der Waals surface area contributed by atoms with Crippen LogP contribution in [-0.2, 0) is 11.3 Å². The molecule has 0 spiro atoms. The predicted octanol–water partition coefficient (Wildman–Crippen LogP) is -0.999. The number of carbonyl (C=O) groups excluding carboxylic acids is 1. The van der Waals surface area contributed by atoms with E-state index in [-0.39, 0.29) is 24.5 Å². The molecule has 3 N–H and O–H groups in total. The smallest absolute Gasteiger partial charge is 0.341 e. The molecule has 2 rings (SSSR count). The molecular formula is C13H13N3O6. The molecule has 22 heavy (non-hydrogen) atoms. The van der Waals surface area contributed by atoms with Gasteiger partial charge in [0.1, 0.15) is 5.56 Å². The maximum absolute atomic E-state index is 12.2. The van der Waals surface area contributed by atoms with Crippen molar-refractivity contribution in [2.45, 2.75) is 13.5 Å². The number of fused-ring (bicyclic) bond motifs is 1. The highest BCUT2D eigenvalue weighted by atomic mass is 16.4. The number of hydrogen-bond donors (Lipinski definition) is 3. The number of rotatable bonds is 4. The summed E-state index contributed by atoms with van der Waals surface area (Å²) in [6, 6.07) is 0. The summed E-state index contributed by atoms with van der Waals surface area (Å²) in [5.41, 5.74) is -2.74. The number of pyridine rings is 1. The number of carboxylic acid groups (broad SMARTS) is 1. The van der Waals surface area contributed by atoms with Gasteiger partial charge in [-0.05, 0) is 0 Å². The fraction of sp³-hybridized carbons (Fsp3) is 0.231. The molecule has 0 aliphatic heterocycles. The number of aromatic hydroxyl groups is 1. The van der Waals surface area contributed by atoms with Crippen molar-refractivity contribution in [2.24, 2.45) is 0 Å². The Morgan fingerprint density at radius 3 is 2.55 bits per heavy atom. The molecule has 0 bridgehead atoms. The Morgan fingerprint density at radius 2 is 1.95 bits per heavy atom. The highest BCUT2D eigenvalue weighted by Crippen LogP contribution is 2.10. The van der Waals surface area contributed by atoms with Gasteiger partial charge >= 0.3 is 5.97 Å². The molecule has 0 fully saturated rings. The highest BCUT2D eigenvalue weighted by molar-refractivity contribution is 5.88. The van der Waals surface area contributed by atoms with E-state index in [0.29, 0.717) is 0 Å². The molecule has 9 heteroatoms. The number of amides is 1. The Kier molecular flexibility index (Phi) is 3.97. The summed E-state index contributed by atoms with van der Waals surface area (Å²) in [4.78, 5) is 45.7. The molecule has 2 aromatic heterocycles. The quantitative estimate of drug-likeness (QED) is 0.664. The lowest BCUT2D eigenvalue weighted by molar-refractivity contribution is -0.118. The topological polar surface area (TPSA) is 130 Å². The van der Waals surface area contributed by atoms with Crippen molar-refractivity contribution >= 4 is 17.4 Å². The van der Waals surface area contributed by atoms with Crippen LogP contribution in [0.3, 0.4) is 0 Å².